The van der Waals surface area contributed by atoms with Gasteiger partial charge in [-0.15, -0.1) is 0 Å². The molecule has 0 aromatic rings. The van der Waals surface area contributed by atoms with Crippen LogP contribution < -0.4 is 5.73 Å². The quantitative estimate of drug-likeness (QED) is 0.0280. The van der Waals surface area contributed by atoms with E-state index in [0.29, 0.717) is 12.8 Å². The van der Waals surface area contributed by atoms with E-state index in [1.54, 1.807) is 0 Å². The van der Waals surface area contributed by atoms with E-state index >= 15 is 0 Å². The minimum Gasteiger partial charge on any atom is -0.462 e. The number of esters is 2. The summed E-state index contributed by atoms with van der Waals surface area (Å²) in [6, 6.07) is 0. The Kier molecular flexibility index (Phi) is 34.6. The van der Waals surface area contributed by atoms with Crippen LogP contribution in [0.2, 0.25) is 0 Å². The highest BCUT2D eigenvalue weighted by Gasteiger charge is 2.25. The molecule has 0 aromatic carbocycles. The fraction of sp³-hybridized carbons (Fsp3) is 0.895. The van der Waals surface area contributed by atoms with Crippen LogP contribution in [0.4, 0.5) is 0 Å². The first kappa shape index (κ1) is 46.8. The first-order valence-corrected chi connectivity index (χ1v) is 21.2. The van der Waals surface area contributed by atoms with Gasteiger partial charge in [-0.2, -0.15) is 0 Å². The molecule has 0 heterocycles. The van der Waals surface area contributed by atoms with Crippen molar-refractivity contribution in [3.8, 4) is 0 Å². The van der Waals surface area contributed by atoms with Crippen molar-refractivity contribution in [3.05, 3.63) is 12.2 Å². The molecule has 0 bridgehead atoms. The molecule has 0 saturated heterocycles. The predicted octanol–water partition coefficient (Wildman–Crippen LogP) is 10.7. The SMILES string of the molecule is CCCCCCCCCCC/C=C/CCCCC(=O)OC[C@H](COP(=O)(O)OCCN)OC(=O)CCCCCCCCCCCCCC. The fourth-order valence-corrected chi connectivity index (χ4v) is 6.22. The summed E-state index contributed by atoms with van der Waals surface area (Å²) in [5.74, 6) is -0.848. The molecule has 48 heavy (non-hydrogen) atoms. The smallest absolute Gasteiger partial charge is 0.462 e. The molecule has 0 amide bonds. The summed E-state index contributed by atoms with van der Waals surface area (Å²) >= 11 is 0. The van der Waals surface area contributed by atoms with Gasteiger partial charge in [0.05, 0.1) is 13.2 Å². The molecular weight excluding hydrogens is 629 g/mol. The maximum absolute atomic E-state index is 12.5. The fourth-order valence-electron chi connectivity index (χ4n) is 5.45. The molecule has 0 spiro atoms. The van der Waals surface area contributed by atoms with Gasteiger partial charge >= 0.3 is 19.8 Å². The molecule has 9 nitrogen and oxygen atoms in total. The topological polar surface area (TPSA) is 134 Å². The van der Waals surface area contributed by atoms with Gasteiger partial charge in [-0.25, -0.2) is 4.57 Å². The summed E-state index contributed by atoms with van der Waals surface area (Å²) in [6.45, 7) is 3.71. The van der Waals surface area contributed by atoms with Gasteiger partial charge in [0.15, 0.2) is 6.10 Å². The molecular formula is C38H74NO8P. The Morgan fingerprint density at radius 1 is 0.604 bits per heavy atom. The molecule has 0 saturated carbocycles. The molecule has 0 radical (unpaired) electrons. The van der Waals surface area contributed by atoms with Crippen molar-refractivity contribution in [2.24, 2.45) is 5.73 Å². The third-order valence-electron chi connectivity index (χ3n) is 8.40. The molecule has 0 fully saturated rings. The van der Waals surface area contributed by atoms with E-state index in [2.05, 4.69) is 26.0 Å². The van der Waals surface area contributed by atoms with Gasteiger partial charge in [0.2, 0.25) is 0 Å². The Bertz CT molecular complexity index is 810. The van der Waals surface area contributed by atoms with Gasteiger partial charge in [-0.05, 0) is 38.5 Å². The number of unbranched alkanes of at least 4 members (excludes halogenated alkanes) is 22. The maximum Gasteiger partial charge on any atom is 0.472 e. The average Bonchev–Trinajstić information content (AvgIpc) is 3.07. The highest BCUT2D eigenvalue weighted by Crippen LogP contribution is 2.43. The van der Waals surface area contributed by atoms with Gasteiger partial charge in [-0.1, -0.05) is 148 Å². The van der Waals surface area contributed by atoms with Crippen molar-refractivity contribution in [2.45, 2.75) is 193 Å². The van der Waals surface area contributed by atoms with Crippen molar-refractivity contribution in [2.75, 3.05) is 26.4 Å². The lowest BCUT2D eigenvalue weighted by atomic mass is 10.0. The number of phosphoric ester groups is 1. The summed E-state index contributed by atoms with van der Waals surface area (Å²) in [5, 5.41) is 0. The number of nitrogens with two attached hydrogens (primary N) is 1. The largest absolute Gasteiger partial charge is 0.472 e. The van der Waals surface area contributed by atoms with Crippen molar-refractivity contribution in [1.82, 2.24) is 0 Å². The van der Waals surface area contributed by atoms with Crippen LogP contribution in [0.3, 0.4) is 0 Å². The molecule has 0 aliphatic rings. The Morgan fingerprint density at radius 3 is 1.52 bits per heavy atom. The molecule has 10 heteroatoms. The second-order valence-electron chi connectivity index (χ2n) is 13.2. The first-order chi connectivity index (χ1) is 23.3. The lowest BCUT2D eigenvalue weighted by Crippen LogP contribution is -2.29. The Hall–Kier alpha value is -1.25. The number of hydrogen-bond donors (Lipinski definition) is 2. The van der Waals surface area contributed by atoms with E-state index in [9.17, 15) is 19.0 Å². The summed E-state index contributed by atoms with van der Waals surface area (Å²) in [4.78, 5) is 34.7. The summed E-state index contributed by atoms with van der Waals surface area (Å²) in [7, 11) is -4.37. The van der Waals surface area contributed by atoms with Crippen LogP contribution >= 0.6 is 7.82 Å². The summed E-state index contributed by atoms with van der Waals surface area (Å²) < 4.78 is 32.6. The van der Waals surface area contributed by atoms with Gasteiger partial charge < -0.3 is 20.1 Å². The van der Waals surface area contributed by atoms with Gasteiger partial charge in [0, 0.05) is 19.4 Å². The number of hydrogen-bond acceptors (Lipinski definition) is 8. The number of carbonyl (C=O) groups excluding carboxylic acids is 2. The van der Waals surface area contributed by atoms with Crippen LogP contribution in [-0.4, -0.2) is 49.3 Å². The highest BCUT2D eigenvalue weighted by molar-refractivity contribution is 7.47. The normalized spacial score (nSPS) is 13.5. The van der Waals surface area contributed by atoms with Crippen molar-refractivity contribution in [1.29, 1.82) is 0 Å². The number of carbonyl (C=O) groups is 2. The van der Waals surface area contributed by atoms with Crippen molar-refractivity contribution in [3.63, 3.8) is 0 Å². The molecule has 0 aliphatic carbocycles. The average molecular weight is 704 g/mol. The van der Waals surface area contributed by atoms with Crippen LogP contribution in [0.25, 0.3) is 0 Å². The standard InChI is InChI=1S/C38H74NO8P/c1-3-5-7-9-11-13-15-17-18-19-21-22-24-26-28-30-37(40)44-34-36(35-46-48(42,43)45-33-32-39)47-38(41)31-29-27-25-23-20-16-14-12-10-8-6-4-2/h21-22,36H,3-20,23-35,39H2,1-2H3,(H,42,43)/b22-21+/t36-/m1/s1. The number of phosphoric acid groups is 1. The van der Waals surface area contributed by atoms with Crippen molar-refractivity contribution < 1.29 is 37.6 Å². The zero-order valence-corrected chi connectivity index (χ0v) is 31.9. The third-order valence-corrected chi connectivity index (χ3v) is 9.39. The lowest BCUT2D eigenvalue weighted by molar-refractivity contribution is -0.161. The van der Waals surface area contributed by atoms with Gasteiger partial charge in [0.25, 0.3) is 0 Å². The Labute approximate surface area is 294 Å². The van der Waals surface area contributed by atoms with E-state index in [-0.39, 0.29) is 32.6 Å². The first-order valence-electron chi connectivity index (χ1n) is 19.7. The molecule has 0 rings (SSSR count). The van der Waals surface area contributed by atoms with Crippen LogP contribution in [0.15, 0.2) is 12.2 Å². The van der Waals surface area contributed by atoms with Crippen LogP contribution in [0.5, 0.6) is 0 Å². The van der Waals surface area contributed by atoms with Gasteiger partial charge in [0.1, 0.15) is 6.61 Å². The predicted molar refractivity (Wildman–Crippen MR) is 197 cm³/mol. The van der Waals surface area contributed by atoms with Crippen LogP contribution in [0.1, 0.15) is 187 Å². The Balaban J connectivity index is 4.21. The zero-order valence-electron chi connectivity index (χ0n) is 31.0. The minimum atomic E-state index is -4.37. The van der Waals surface area contributed by atoms with Crippen molar-refractivity contribution >= 4 is 19.8 Å². The molecule has 0 aromatic heterocycles. The zero-order chi connectivity index (χ0) is 35.4. The number of ether oxygens (including phenoxy) is 2. The van der Waals surface area contributed by atoms with E-state index < -0.39 is 32.5 Å². The molecule has 2 atom stereocenters. The second-order valence-corrected chi connectivity index (χ2v) is 14.6. The molecule has 0 aliphatic heterocycles. The summed E-state index contributed by atoms with van der Waals surface area (Å²) in [5.41, 5.74) is 5.33. The van der Waals surface area contributed by atoms with E-state index in [1.165, 1.54) is 116 Å². The molecule has 284 valence electrons. The van der Waals surface area contributed by atoms with E-state index in [4.69, 9.17) is 24.3 Å². The van der Waals surface area contributed by atoms with E-state index in [0.717, 1.165) is 32.1 Å². The van der Waals surface area contributed by atoms with Crippen LogP contribution in [-0.2, 0) is 32.7 Å². The van der Waals surface area contributed by atoms with Gasteiger partial charge in [-0.3, -0.25) is 18.6 Å². The number of allylic oxidation sites excluding steroid dienone is 2. The molecule has 1 unspecified atom stereocenters. The minimum absolute atomic E-state index is 0.0537. The number of rotatable bonds is 37. The summed E-state index contributed by atoms with van der Waals surface area (Å²) in [6.07, 6.45) is 33.8. The Morgan fingerprint density at radius 2 is 1.02 bits per heavy atom. The highest BCUT2D eigenvalue weighted by atomic mass is 31.2. The third kappa shape index (κ3) is 34.6. The van der Waals surface area contributed by atoms with Crippen LogP contribution in [0, 0.1) is 0 Å². The van der Waals surface area contributed by atoms with E-state index in [1.807, 2.05) is 0 Å². The monoisotopic (exact) mass is 704 g/mol. The maximum atomic E-state index is 12.5. The molecule has 3 N–H and O–H groups in total. The lowest BCUT2D eigenvalue weighted by Gasteiger charge is -2.19. The second kappa shape index (κ2) is 35.6.